The zero-order valence-electron chi connectivity index (χ0n) is 11.0. The van der Waals surface area contributed by atoms with E-state index in [1.165, 1.54) is 0 Å². The first-order valence-corrected chi connectivity index (χ1v) is 6.57. The molecule has 2 heterocycles. The number of primary amides is 1. The van der Waals surface area contributed by atoms with E-state index in [0.717, 1.165) is 26.3 Å². The van der Waals surface area contributed by atoms with E-state index < -0.39 is 11.4 Å². The third-order valence-electron chi connectivity index (χ3n) is 3.43. The Bertz CT molecular complexity index is 338. The Hall–Kier alpha value is -1.18. The zero-order chi connectivity index (χ0) is 13.7. The van der Waals surface area contributed by atoms with Crippen LogP contribution in [0.1, 0.15) is 12.8 Å². The molecule has 19 heavy (non-hydrogen) atoms. The number of morpholine rings is 1. The van der Waals surface area contributed by atoms with Crippen LogP contribution in [0.15, 0.2) is 0 Å². The maximum atomic E-state index is 11.9. The first-order valence-electron chi connectivity index (χ1n) is 6.57. The van der Waals surface area contributed by atoms with Crippen molar-refractivity contribution < 1.29 is 19.1 Å². The summed E-state index contributed by atoms with van der Waals surface area (Å²) in [7, 11) is 0. The maximum absolute atomic E-state index is 11.9. The molecule has 0 radical (unpaired) electrons. The molecular formula is C12H21N3O4. The lowest BCUT2D eigenvalue weighted by molar-refractivity contribution is -0.138. The Morgan fingerprint density at radius 1 is 1.21 bits per heavy atom. The van der Waals surface area contributed by atoms with Gasteiger partial charge in [-0.05, 0) is 0 Å². The van der Waals surface area contributed by atoms with Gasteiger partial charge in [0.2, 0.25) is 11.8 Å². The van der Waals surface area contributed by atoms with E-state index in [2.05, 4.69) is 10.2 Å². The third-order valence-corrected chi connectivity index (χ3v) is 3.43. The van der Waals surface area contributed by atoms with E-state index in [0.29, 0.717) is 26.2 Å². The molecule has 2 saturated heterocycles. The number of amides is 2. The summed E-state index contributed by atoms with van der Waals surface area (Å²) in [6.07, 6.45) is 0.552. The number of nitrogens with two attached hydrogens (primary N) is 1. The van der Waals surface area contributed by atoms with Crippen LogP contribution in [0.4, 0.5) is 0 Å². The highest BCUT2D eigenvalue weighted by Crippen LogP contribution is 2.21. The minimum Gasteiger partial charge on any atom is -0.379 e. The fraction of sp³-hybridized carbons (Fsp3) is 0.833. The topological polar surface area (TPSA) is 93.9 Å². The van der Waals surface area contributed by atoms with Crippen molar-refractivity contribution in [1.82, 2.24) is 10.2 Å². The average Bonchev–Trinajstić information content (AvgIpc) is 2.34. The van der Waals surface area contributed by atoms with Crippen molar-refractivity contribution in [3.8, 4) is 0 Å². The van der Waals surface area contributed by atoms with Crippen molar-refractivity contribution in [2.45, 2.75) is 18.4 Å². The summed E-state index contributed by atoms with van der Waals surface area (Å²) in [5, 5.41) is 2.88. The summed E-state index contributed by atoms with van der Waals surface area (Å²) in [6, 6.07) is 0. The molecule has 2 fully saturated rings. The molecule has 0 aromatic rings. The molecular weight excluding hydrogens is 250 g/mol. The van der Waals surface area contributed by atoms with Gasteiger partial charge in [0.1, 0.15) is 0 Å². The van der Waals surface area contributed by atoms with Crippen LogP contribution in [0, 0.1) is 0 Å². The lowest BCUT2D eigenvalue weighted by Gasteiger charge is -2.41. The Kier molecular flexibility index (Phi) is 4.73. The molecule has 7 heteroatoms. The molecule has 0 saturated carbocycles. The van der Waals surface area contributed by atoms with E-state index in [-0.39, 0.29) is 12.3 Å². The first-order chi connectivity index (χ1) is 9.10. The number of hydrogen-bond donors (Lipinski definition) is 2. The molecule has 0 atom stereocenters. The van der Waals surface area contributed by atoms with Crippen LogP contribution in [0.5, 0.6) is 0 Å². The van der Waals surface area contributed by atoms with Crippen LogP contribution in [0.2, 0.25) is 0 Å². The highest BCUT2D eigenvalue weighted by atomic mass is 16.5. The molecule has 0 aliphatic carbocycles. The quantitative estimate of drug-likeness (QED) is 0.611. The Balaban J connectivity index is 1.72. The summed E-state index contributed by atoms with van der Waals surface area (Å²) in [5.41, 5.74) is 4.61. The summed E-state index contributed by atoms with van der Waals surface area (Å²) >= 11 is 0. The van der Waals surface area contributed by atoms with Crippen molar-refractivity contribution >= 4 is 11.8 Å². The lowest BCUT2D eigenvalue weighted by atomic mass is 9.92. The first kappa shape index (κ1) is 14.2. The molecule has 0 aromatic heterocycles. The Morgan fingerprint density at radius 3 is 2.42 bits per heavy atom. The van der Waals surface area contributed by atoms with Gasteiger partial charge in [-0.1, -0.05) is 0 Å². The van der Waals surface area contributed by atoms with E-state index >= 15 is 0 Å². The van der Waals surface area contributed by atoms with Crippen molar-refractivity contribution in [2.24, 2.45) is 5.73 Å². The third kappa shape index (κ3) is 4.15. The number of rotatable bonds is 6. The number of nitrogens with one attached hydrogen (secondary N) is 1. The molecule has 108 valence electrons. The number of nitrogens with zero attached hydrogens (tertiary/aromatic N) is 1. The SMILES string of the molecule is NC(=O)CC1(NC(=O)CCN2CCOCC2)COC1. The van der Waals surface area contributed by atoms with Gasteiger partial charge in [0, 0.05) is 26.1 Å². The Morgan fingerprint density at radius 2 is 1.89 bits per heavy atom. The van der Waals surface area contributed by atoms with E-state index in [4.69, 9.17) is 15.2 Å². The number of hydrogen-bond acceptors (Lipinski definition) is 5. The predicted molar refractivity (Wildman–Crippen MR) is 67.4 cm³/mol. The molecule has 3 N–H and O–H groups in total. The zero-order valence-corrected chi connectivity index (χ0v) is 11.0. The highest BCUT2D eigenvalue weighted by molar-refractivity contribution is 5.80. The van der Waals surface area contributed by atoms with Gasteiger partial charge in [-0.25, -0.2) is 0 Å². The maximum Gasteiger partial charge on any atom is 0.221 e. The van der Waals surface area contributed by atoms with Crippen molar-refractivity contribution in [3.05, 3.63) is 0 Å². The standard InChI is InChI=1S/C12H21N3O4/c13-10(16)7-12(8-19-9-12)14-11(17)1-2-15-3-5-18-6-4-15/h1-9H2,(H2,13,16)(H,14,17). The molecule has 0 unspecified atom stereocenters. The van der Waals surface area contributed by atoms with Crippen molar-refractivity contribution in [3.63, 3.8) is 0 Å². The predicted octanol–water partition coefficient (Wildman–Crippen LogP) is -1.53. The van der Waals surface area contributed by atoms with Gasteiger partial charge < -0.3 is 20.5 Å². The lowest BCUT2D eigenvalue weighted by Crippen LogP contribution is -2.63. The second-order valence-corrected chi connectivity index (χ2v) is 5.17. The summed E-state index contributed by atoms with van der Waals surface area (Å²) in [5.74, 6) is -0.479. The molecule has 0 spiro atoms. The van der Waals surface area contributed by atoms with Gasteiger partial charge in [0.15, 0.2) is 0 Å². The second-order valence-electron chi connectivity index (χ2n) is 5.17. The molecule has 2 aliphatic heterocycles. The summed E-state index contributed by atoms with van der Waals surface area (Å²) in [4.78, 5) is 25.1. The van der Waals surface area contributed by atoms with Gasteiger partial charge in [0.05, 0.1) is 38.4 Å². The normalized spacial score (nSPS) is 22.5. The number of carbonyl (C=O) groups excluding carboxylic acids is 2. The molecule has 2 amide bonds. The largest absolute Gasteiger partial charge is 0.379 e. The minimum atomic E-state index is -0.575. The monoisotopic (exact) mass is 271 g/mol. The average molecular weight is 271 g/mol. The van der Waals surface area contributed by atoms with Crippen LogP contribution < -0.4 is 11.1 Å². The van der Waals surface area contributed by atoms with Crippen LogP contribution in [0.25, 0.3) is 0 Å². The van der Waals surface area contributed by atoms with Crippen LogP contribution >= 0.6 is 0 Å². The van der Waals surface area contributed by atoms with Crippen LogP contribution in [-0.2, 0) is 19.1 Å². The van der Waals surface area contributed by atoms with Crippen LogP contribution in [0.3, 0.4) is 0 Å². The molecule has 2 rings (SSSR count). The van der Waals surface area contributed by atoms with Gasteiger partial charge >= 0.3 is 0 Å². The van der Waals surface area contributed by atoms with Gasteiger partial charge in [-0.3, -0.25) is 14.5 Å². The highest BCUT2D eigenvalue weighted by Gasteiger charge is 2.41. The van der Waals surface area contributed by atoms with Crippen molar-refractivity contribution in [1.29, 1.82) is 0 Å². The minimum absolute atomic E-state index is 0.0592. The second kappa shape index (κ2) is 6.31. The number of ether oxygens (including phenoxy) is 2. The summed E-state index contributed by atoms with van der Waals surface area (Å²) in [6.45, 7) is 4.61. The fourth-order valence-electron chi connectivity index (χ4n) is 2.34. The molecule has 7 nitrogen and oxygen atoms in total. The van der Waals surface area contributed by atoms with Gasteiger partial charge in [-0.15, -0.1) is 0 Å². The van der Waals surface area contributed by atoms with Crippen LogP contribution in [-0.4, -0.2) is 68.3 Å². The fourth-order valence-corrected chi connectivity index (χ4v) is 2.34. The van der Waals surface area contributed by atoms with Gasteiger partial charge in [0.25, 0.3) is 0 Å². The van der Waals surface area contributed by atoms with E-state index in [1.807, 2.05) is 0 Å². The smallest absolute Gasteiger partial charge is 0.221 e. The molecule has 2 aliphatic rings. The Labute approximate surface area is 112 Å². The molecule has 0 bridgehead atoms. The summed E-state index contributed by atoms with van der Waals surface area (Å²) < 4.78 is 10.3. The molecule has 0 aromatic carbocycles. The van der Waals surface area contributed by atoms with E-state index in [9.17, 15) is 9.59 Å². The van der Waals surface area contributed by atoms with E-state index in [1.54, 1.807) is 0 Å². The number of carbonyl (C=O) groups is 2. The van der Waals surface area contributed by atoms with Crippen molar-refractivity contribution in [2.75, 3.05) is 46.1 Å². The van der Waals surface area contributed by atoms with Gasteiger partial charge in [-0.2, -0.15) is 0 Å².